The number of benzene rings is 10. The molecular weight excluding hydrogens is 796 g/mol. The number of aryl methyl sites for hydroxylation is 2. The molecule has 2 aliphatic heterocycles. The first-order valence-corrected chi connectivity index (χ1v) is 23.3. The van der Waals surface area contributed by atoms with E-state index in [0.29, 0.717) is 0 Å². The summed E-state index contributed by atoms with van der Waals surface area (Å²) in [6, 6.07) is 88.0. The van der Waals surface area contributed by atoms with E-state index in [9.17, 15) is 0 Å². The summed E-state index contributed by atoms with van der Waals surface area (Å²) in [5.41, 5.74) is 26.2. The minimum Gasteiger partial charge on any atom is -0.311 e. The Bertz CT molecular complexity index is 3330. The SMILES string of the molecule is c1ccc(-c2cc(-c3ccccc3)cc(N3c4cc(-c5ccccc5)ccc4B4c5cc6c(cc5N(c5cc(-c7ccccc7)cc(-c7ccccc7)c5)c5cccc3c54)CCC6)c2)cc1. The van der Waals surface area contributed by atoms with E-state index >= 15 is 0 Å². The summed E-state index contributed by atoms with van der Waals surface area (Å²) < 4.78 is 0. The second kappa shape index (κ2) is 15.8. The van der Waals surface area contributed by atoms with Crippen molar-refractivity contribution in [2.45, 2.75) is 19.3 Å². The molecule has 0 saturated heterocycles. The molecule has 10 aromatic carbocycles. The number of nitrogens with zero attached hydrogens (tertiary/aromatic N) is 2. The van der Waals surface area contributed by atoms with Crippen LogP contribution in [0.3, 0.4) is 0 Å². The van der Waals surface area contributed by atoms with Gasteiger partial charge in [-0.05, 0) is 163 Å². The Labute approximate surface area is 387 Å². The topological polar surface area (TPSA) is 6.48 Å². The van der Waals surface area contributed by atoms with E-state index in [-0.39, 0.29) is 6.71 Å². The van der Waals surface area contributed by atoms with Crippen LogP contribution in [0.25, 0.3) is 55.6 Å². The van der Waals surface area contributed by atoms with Crippen LogP contribution < -0.4 is 26.2 Å². The highest BCUT2D eigenvalue weighted by molar-refractivity contribution is 7.00. The molecule has 0 N–H and O–H groups in total. The highest BCUT2D eigenvalue weighted by atomic mass is 15.2. The van der Waals surface area contributed by atoms with E-state index in [1.54, 1.807) is 0 Å². The fourth-order valence-electron chi connectivity index (χ4n) is 11.0. The monoisotopic (exact) mass is 840 g/mol. The molecule has 0 amide bonds. The molecule has 0 saturated carbocycles. The van der Waals surface area contributed by atoms with Crippen LogP contribution in [0, 0.1) is 0 Å². The molecule has 0 atom stereocenters. The Morgan fingerprint density at radius 2 is 0.667 bits per heavy atom. The van der Waals surface area contributed by atoms with Crippen molar-refractivity contribution >= 4 is 57.2 Å². The minimum absolute atomic E-state index is 0.0289. The van der Waals surface area contributed by atoms with Crippen LogP contribution in [0.1, 0.15) is 17.5 Å². The van der Waals surface area contributed by atoms with Crippen LogP contribution in [0.2, 0.25) is 0 Å². The van der Waals surface area contributed by atoms with Gasteiger partial charge in [-0.3, -0.25) is 0 Å². The fraction of sp³-hybridized carbons (Fsp3) is 0.0476. The van der Waals surface area contributed by atoms with Crippen molar-refractivity contribution < 1.29 is 0 Å². The number of fused-ring (bicyclic) bond motifs is 5. The largest absolute Gasteiger partial charge is 0.311 e. The predicted molar refractivity (Wildman–Crippen MR) is 280 cm³/mol. The van der Waals surface area contributed by atoms with E-state index in [0.717, 1.165) is 24.2 Å². The van der Waals surface area contributed by atoms with Gasteiger partial charge in [-0.2, -0.15) is 0 Å². The second-order valence-electron chi connectivity index (χ2n) is 18.0. The lowest BCUT2D eigenvalue weighted by Gasteiger charge is -2.44. The molecule has 13 rings (SSSR count). The molecule has 2 heterocycles. The molecule has 310 valence electrons. The molecule has 3 heteroatoms. The Hall–Kier alpha value is -8.14. The molecule has 0 aromatic heterocycles. The first-order valence-electron chi connectivity index (χ1n) is 23.3. The molecule has 1 aliphatic carbocycles. The number of hydrogen-bond acceptors (Lipinski definition) is 2. The molecule has 0 fully saturated rings. The number of anilines is 6. The normalized spacial score (nSPS) is 13.2. The van der Waals surface area contributed by atoms with Crippen molar-refractivity contribution in [3.05, 3.63) is 248 Å². The van der Waals surface area contributed by atoms with E-state index in [1.165, 1.54) is 112 Å². The summed E-state index contributed by atoms with van der Waals surface area (Å²) in [6.07, 6.45) is 3.42. The van der Waals surface area contributed by atoms with Crippen LogP contribution >= 0.6 is 0 Å². The fourth-order valence-corrected chi connectivity index (χ4v) is 11.0. The van der Waals surface area contributed by atoms with Gasteiger partial charge in [0.1, 0.15) is 0 Å². The third-order valence-corrected chi connectivity index (χ3v) is 14.1. The van der Waals surface area contributed by atoms with Crippen molar-refractivity contribution in [1.82, 2.24) is 0 Å². The predicted octanol–water partition coefficient (Wildman–Crippen LogP) is 14.6. The first-order chi connectivity index (χ1) is 32.7. The van der Waals surface area contributed by atoms with Gasteiger partial charge in [-0.25, -0.2) is 0 Å². The maximum atomic E-state index is 2.60. The van der Waals surface area contributed by atoms with Crippen molar-refractivity contribution in [2.24, 2.45) is 0 Å². The Morgan fingerprint density at radius 3 is 1.11 bits per heavy atom. The smallest absolute Gasteiger partial charge is 0.252 e. The van der Waals surface area contributed by atoms with Crippen LogP contribution in [-0.2, 0) is 12.8 Å². The van der Waals surface area contributed by atoms with Crippen LogP contribution in [0.4, 0.5) is 34.1 Å². The Balaban J connectivity index is 1.10. The van der Waals surface area contributed by atoms with Crippen molar-refractivity contribution in [1.29, 1.82) is 0 Å². The van der Waals surface area contributed by atoms with E-state index in [1.807, 2.05) is 0 Å². The number of hydrogen-bond donors (Lipinski definition) is 0. The van der Waals surface area contributed by atoms with Gasteiger partial charge in [0.2, 0.25) is 0 Å². The molecule has 0 unspecified atom stereocenters. The number of rotatable bonds is 7. The molecule has 0 radical (unpaired) electrons. The van der Waals surface area contributed by atoms with Gasteiger partial charge in [0.05, 0.1) is 0 Å². The van der Waals surface area contributed by atoms with Crippen molar-refractivity contribution in [3.63, 3.8) is 0 Å². The lowest BCUT2D eigenvalue weighted by atomic mass is 9.33. The quantitative estimate of drug-likeness (QED) is 0.148. The first kappa shape index (κ1) is 38.3. The van der Waals surface area contributed by atoms with E-state index in [4.69, 9.17) is 0 Å². The molecule has 66 heavy (non-hydrogen) atoms. The van der Waals surface area contributed by atoms with Gasteiger partial charge >= 0.3 is 0 Å². The summed E-state index contributed by atoms with van der Waals surface area (Å²) in [6.45, 7) is 0.0289. The lowest BCUT2D eigenvalue weighted by Crippen LogP contribution is -2.61. The second-order valence-corrected chi connectivity index (χ2v) is 18.0. The third-order valence-electron chi connectivity index (χ3n) is 14.1. The summed E-state index contributed by atoms with van der Waals surface area (Å²) in [4.78, 5) is 5.17. The zero-order valence-corrected chi connectivity index (χ0v) is 36.6. The molecular formula is C63H45BN2. The summed E-state index contributed by atoms with van der Waals surface area (Å²) in [5.74, 6) is 0. The maximum Gasteiger partial charge on any atom is 0.252 e. The van der Waals surface area contributed by atoms with Gasteiger partial charge in [0.25, 0.3) is 6.71 Å². The third kappa shape index (κ3) is 6.50. The van der Waals surface area contributed by atoms with Gasteiger partial charge < -0.3 is 9.80 Å². The van der Waals surface area contributed by atoms with Crippen LogP contribution in [-0.4, -0.2) is 6.71 Å². The van der Waals surface area contributed by atoms with E-state index < -0.39 is 0 Å². The average molecular weight is 841 g/mol. The standard InChI is InChI=1S/C63H45BN2/c1-6-18-43(19-7-1)50-32-33-57-61(42-50)65(55-36-51(44-20-8-2-9-21-44)34-52(37-55)45-22-10-3-11-23-45)59-30-17-31-60-63(59)64(57)58-40-48-28-16-29-49(48)41-62(58)66(60)56-38-53(46-24-12-4-13-25-46)35-54(39-56)47-26-14-5-15-27-47/h1-15,17-27,30-42H,16,28-29H2. The van der Waals surface area contributed by atoms with Crippen molar-refractivity contribution in [3.8, 4) is 55.6 Å². The molecule has 10 aromatic rings. The molecule has 3 aliphatic rings. The average Bonchev–Trinajstić information content (AvgIpc) is 3.86. The van der Waals surface area contributed by atoms with Crippen LogP contribution in [0.5, 0.6) is 0 Å². The van der Waals surface area contributed by atoms with Gasteiger partial charge in [0.15, 0.2) is 0 Å². The zero-order chi connectivity index (χ0) is 43.6. The van der Waals surface area contributed by atoms with Crippen LogP contribution in [0.15, 0.2) is 237 Å². The lowest BCUT2D eigenvalue weighted by molar-refractivity contribution is 0.912. The molecule has 2 nitrogen and oxygen atoms in total. The maximum absolute atomic E-state index is 2.60. The Kier molecular flexibility index (Phi) is 9.20. The van der Waals surface area contributed by atoms with Gasteiger partial charge in [-0.15, -0.1) is 0 Å². The Morgan fingerprint density at radius 1 is 0.273 bits per heavy atom. The van der Waals surface area contributed by atoms with Gasteiger partial charge in [0, 0.05) is 34.1 Å². The van der Waals surface area contributed by atoms with E-state index in [2.05, 4.69) is 246 Å². The molecule has 0 spiro atoms. The molecule has 0 bridgehead atoms. The summed E-state index contributed by atoms with van der Waals surface area (Å²) in [7, 11) is 0. The highest BCUT2D eigenvalue weighted by Crippen LogP contribution is 2.48. The summed E-state index contributed by atoms with van der Waals surface area (Å²) >= 11 is 0. The highest BCUT2D eigenvalue weighted by Gasteiger charge is 2.44. The summed E-state index contributed by atoms with van der Waals surface area (Å²) in [5, 5.41) is 0. The minimum atomic E-state index is 0.0289. The zero-order valence-electron chi connectivity index (χ0n) is 36.6. The van der Waals surface area contributed by atoms with Crippen molar-refractivity contribution in [2.75, 3.05) is 9.80 Å². The van der Waals surface area contributed by atoms with Gasteiger partial charge in [-0.1, -0.05) is 176 Å².